The van der Waals surface area contributed by atoms with Crippen molar-refractivity contribution in [1.82, 2.24) is 0 Å². The number of aliphatic hydroxyl groups is 2. The van der Waals surface area contributed by atoms with Gasteiger partial charge in [0.05, 0.1) is 18.3 Å². The van der Waals surface area contributed by atoms with Crippen LogP contribution in [0.15, 0.2) is 0 Å². The Balaban J connectivity index is 3.33. The molecule has 0 bridgehead atoms. The fourth-order valence-electron chi connectivity index (χ4n) is 6.02. The topological polar surface area (TPSA) is 49.7 Å². The average molecular weight is 541 g/mol. The maximum absolute atomic E-state index is 10.3. The Labute approximate surface area is 240 Å². The summed E-state index contributed by atoms with van der Waals surface area (Å²) in [6.45, 7) is 6.73. The summed E-state index contributed by atoms with van der Waals surface area (Å²) in [5, 5.41) is 20.5. The van der Waals surface area contributed by atoms with E-state index in [1.54, 1.807) is 7.11 Å². The van der Waals surface area contributed by atoms with E-state index in [1.165, 1.54) is 122 Å². The van der Waals surface area contributed by atoms with Gasteiger partial charge in [-0.1, -0.05) is 162 Å². The van der Waals surface area contributed by atoms with Crippen molar-refractivity contribution in [1.29, 1.82) is 0 Å². The van der Waals surface area contributed by atoms with Crippen LogP contribution < -0.4 is 0 Å². The van der Waals surface area contributed by atoms with E-state index < -0.39 is 0 Å². The fraction of sp³-hybridized carbons (Fsp3) is 1.00. The summed E-state index contributed by atoms with van der Waals surface area (Å²) in [7, 11) is 1.80. The number of aliphatic hydroxyl groups excluding tert-OH is 2. The van der Waals surface area contributed by atoms with Crippen LogP contribution in [-0.2, 0) is 4.74 Å². The lowest BCUT2D eigenvalue weighted by molar-refractivity contribution is 0.0495. The molecule has 38 heavy (non-hydrogen) atoms. The molecule has 2 N–H and O–H groups in total. The molecular weight excluding hydrogens is 468 g/mol. The van der Waals surface area contributed by atoms with E-state index in [9.17, 15) is 10.2 Å². The van der Waals surface area contributed by atoms with Crippen molar-refractivity contribution < 1.29 is 14.9 Å². The third-order valence-corrected chi connectivity index (χ3v) is 8.72. The molecule has 0 spiro atoms. The van der Waals surface area contributed by atoms with Crippen LogP contribution in [0.4, 0.5) is 0 Å². The van der Waals surface area contributed by atoms with E-state index >= 15 is 0 Å². The Bertz CT molecular complexity index is 437. The molecule has 0 aromatic heterocycles. The summed E-state index contributed by atoms with van der Waals surface area (Å²) in [5.74, 6) is 0.576. The van der Waals surface area contributed by atoms with Crippen molar-refractivity contribution >= 4 is 0 Å². The molecule has 4 atom stereocenters. The number of hydrogen-bond donors (Lipinski definition) is 2. The number of ether oxygens (including phenoxy) is 1. The second kappa shape index (κ2) is 29.9. The van der Waals surface area contributed by atoms with Crippen molar-refractivity contribution in [3.8, 4) is 0 Å². The first kappa shape index (κ1) is 37.9. The fourth-order valence-corrected chi connectivity index (χ4v) is 6.02. The molecule has 4 unspecified atom stereocenters. The summed E-state index contributed by atoms with van der Waals surface area (Å²) < 4.78 is 5.53. The lowest BCUT2D eigenvalue weighted by Gasteiger charge is -2.21. The number of unbranched alkanes of at least 4 members (excludes halogenated alkanes) is 20. The molecule has 0 aliphatic heterocycles. The lowest BCUT2D eigenvalue weighted by atomic mass is 9.94. The second-order valence-corrected chi connectivity index (χ2v) is 12.5. The Kier molecular flexibility index (Phi) is 29.8. The normalized spacial score (nSPS) is 15.0. The monoisotopic (exact) mass is 541 g/mol. The van der Waals surface area contributed by atoms with Gasteiger partial charge in [0.15, 0.2) is 0 Å². The quantitative estimate of drug-likeness (QED) is 0.0859. The molecular formula is C35H72O3. The SMILES string of the molecule is CCCCCCCCCCCCCCCCCCCCCCC(O)CC(O)CCCCC(C)C(CC)OC. The molecule has 3 nitrogen and oxygen atoms in total. The van der Waals surface area contributed by atoms with Crippen molar-refractivity contribution in [3.05, 3.63) is 0 Å². The number of rotatable bonds is 31. The highest BCUT2D eigenvalue weighted by atomic mass is 16.5. The standard InChI is InChI=1S/C35H72O3/c1-5-7-8-9-10-11-12-13-14-15-16-17-18-19-20-21-22-23-24-25-29-33(36)31-34(37)30-27-26-28-32(3)35(6-2)38-4/h32-37H,5-31H2,1-4H3. The first-order valence-corrected chi connectivity index (χ1v) is 17.4. The molecule has 0 rings (SSSR count). The van der Waals surface area contributed by atoms with Gasteiger partial charge >= 0.3 is 0 Å². The molecule has 0 saturated carbocycles. The summed E-state index contributed by atoms with van der Waals surface area (Å²) >= 11 is 0. The number of hydrogen-bond acceptors (Lipinski definition) is 3. The lowest BCUT2D eigenvalue weighted by Crippen LogP contribution is -2.20. The van der Waals surface area contributed by atoms with E-state index in [1.807, 2.05) is 0 Å². The zero-order valence-electron chi connectivity index (χ0n) is 26.7. The van der Waals surface area contributed by atoms with E-state index in [0.717, 1.165) is 44.9 Å². The first-order valence-electron chi connectivity index (χ1n) is 17.4. The Morgan fingerprint density at radius 1 is 0.474 bits per heavy atom. The van der Waals surface area contributed by atoms with Crippen molar-refractivity contribution in [2.24, 2.45) is 5.92 Å². The van der Waals surface area contributed by atoms with E-state index in [4.69, 9.17) is 4.74 Å². The van der Waals surface area contributed by atoms with Gasteiger partial charge in [-0.05, 0) is 38.0 Å². The molecule has 0 amide bonds. The van der Waals surface area contributed by atoms with Gasteiger partial charge in [-0.25, -0.2) is 0 Å². The minimum Gasteiger partial charge on any atom is -0.393 e. The molecule has 3 heteroatoms. The largest absolute Gasteiger partial charge is 0.393 e. The Morgan fingerprint density at radius 3 is 1.13 bits per heavy atom. The van der Waals surface area contributed by atoms with Gasteiger partial charge in [-0.15, -0.1) is 0 Å². The highest BCUT2D eigenvalue weighted by Gasteiger charge is 2.15. The minimum atomic E-state index is -0.352. The minimum absolute atomic E-state index is 0.336. The predicted octanol–water partition coefficient (Wildman–Crippen LogP) is 10.9. The highest BCUT2D eigenvalue weighted by molar-refractivity contribution is 4.67. The van der Waals surface area contributed by atoms with Crippen molar-refractivity contribution in [3.63, 3.8) is 0 Å². The first-order chi connectivity index (χ1) is 18.5. The van der Waals surface area contributed by atoms with Crippen molar-refractivity contribution in [2.45, 2.75) is 212 Å². The third-order valence-electron chi connectivity index (χ3n) is 8.72. The summed E-state index contributed by atoms with van der Waals surface area (Å²) in [6.07, 6.45) is 34.2. The van der Waals surface area contributed by atoms with Gasteiger partial charge < -0.3 is 14.9 Å². The summed E-state index contributed by atoms with van der Waals surface area (Å²) in [6, 6.07) is 0. The smallest absolute Gasteiger partial charge is 0.0594 e. The molecule has 0 aliphatic carbocycles. The molecule has 0 saturated heterocycles. The zero-order valence-corrected chi connectivity index (χ0v) is 26.7. The van der Waals surface area contributed by atoms with Gasteiger partial charge in [0, 0.05) is 7.11 Å². The molecule has 0 aromatic carbocycles. The van der Waals surface area contributed by atoms with Gasteiger partial charge in [-0.2, -0.15) is 0 Å². The average Bonchev–Trinajstić information content (AvgIpc) is 2.90. The van der Waals surface area contributed by atoms with Gasteiger partial charge in [0.25, 0.3) is 0 Å². The van der Waals surface area contributed by atoms with Crippen LogP contribution in [0.1, 0.15) is 194 Å². The van der Waals surface area contributed by atoms with Crippen molar-refractivity contribution in [2.75, 3.05) is 7.11 Å². The summed E-state index contributed by atoms with van der Waals surface area (Å²) in [4.78, 5) is 0. The molecule has 0 aromatic rings. The maximum Gasteiger partial charge on any atom is 0.0594 e. The van der Waals surface area contributed by atoms with Crippen LogP contribution in [0.3, 0.4) is 0 Å². The van der Waals surface area contributed by atoms with E-state index in [2.05, 4.69) is 20.8 Å². The van der Waals surface area contributed by atoms with Gasteiger partial charge in [0.1, 0.15) is 0 Å². The third kappa shape index (κ3) is 26.1. The van der Waals surface area contributed by atoms with Gasteiger partial charge in [0.2, 0.25) is 0 Å². The van der Waals surface area contributed by atoms with Crippen LogP contribution in [0.5, 0.6) is 0 Å². The van der Waals surface area contributed by atoms with Crippen LogP contribution in [0.25, 0.3) is 0 Å². The Hall–Kier alpha value is -0.120. The molecule has 0 aliphatic rings. The highest BCUT2D eigenvalue weighted by Crippen LogP contribution is 2.20. The van der Waals surface area contributed by atoms with E-state index in [-0.39, 0.29) is 12.2 Å². The maximum atomic E-state index is 10.3. The van der Waals surface area contributed by atoms with E-state index in [0.29, 0.717) is 18.4 Å². The summed E-state index contributed by atoms with van der Waals surface area (Å²) in [5.41, 5.74) is 0. The number of methoxy groups -OCH3 is 1. The Morgan fingerprint density at radius 2 is 0.789 bits per heavy atom. The molecule has 0 fully saturated rings. The molecule has 230 valence electrons. The predicted molar refractivity (Wildman–Crippen MR) is 168 cm³/mol. The molecule has 0 heterocycles. The van der Waals surface area contributed by atoms with Crippen LogP contribution in [0.2, 0.25) is 0 Å². The second-order valence-electron chi connectivity index (χ2n) is 12.5. The van der Waals surface area contributed by atoms with Crippen LogP contribution in [-0.4, -0.2) is 35.6 Å². The van der Waals surface area contributed by atoms with Crippen LogP contribution in [0, 0.1) is 5.92 Å². The molecule has 0 radical (unpaired) electrons. The van der Waals surface area contributed by atoms with Gasteiger partial charge in [-0.3, -0.25) is 0 Å². The zero-order chi connectivity index (χ0) is 28.1. The van der Waals surface area contributed by atoms with Crippen LogP contribution >= 0.6 is 0 Å².